The summed E-state index contributed by atoms with van der Waals surface area (Å²) in [5.74, 6) is -0.952. The molecule has 0 aromatic heterocycles. The number of benzene rings is 3. The largest absolute Gasteiger partial charge is 0.506 e. The van der Waals surface area contributed by atoms with Gasteiger partial charge in [-0.15, -0.1) is 0 Å². The second-order valence-corrected chi connectivity index (χ2v) is 9.66. The number of rotatable bonds is 8. The van der Waals surface area contributed by atoms with Gasteiger partial charge < -0.3 is 19.3 Å². The number of nitrogens with zero attached hydrogens (tertiary/aromatic N) is 2. The Morgan fingerprint density at radius 1 is 1.10 bits per heavy atom. The van der Waals surface area contributed by atoms with Gasteiger partial charge in [0.25, 0.3) is 5.91 Å². The van der Waals surface area contributed by atoms with E-state index in [9.17, 15) is 20.0 Å². The summed E-state index contributed by atoms with van der Waals surface area (Å²) < 4.78 is 16.5. The first-order chi connectivity index (χ1) is 19.4. The predicted octanol–water partition coefficient (Wildman–Crippen LogP) is 6.50. The number of carbonyl (C=O) groups is 2. The summed E-state index contributed by atoms with van der Waals surface area (Å²) in [6.45, 7) is 1.87. The monoisotopic (exact) mass is 574 g/mol. The van der Waals surface area contributed by atoms with Crippen molar-refractivity contribution in [3.05, 3.63) is 110 Å². The first kappa shape index (κ1) is 28.5. The lowest BCUT2D eigenvalue weighted by molar-refractivity contribution is -0.138. The standard InChI is InChI=1S/C30H23ClN2O6S/c1-3-38-30(36)26-27(34)25(40-29(26)33-28(35)21-10-6-7-11-22(21)31)15-18-12-13-23(24(14-18)37-2)39-17-20-9-5-4-8-19(20)16-32/h4-15,34H,3,17H2,1-2H3/b25-15-,33-29?. The minimum atomic E-state index is -0.805. The molecule has 40 heavy (non-hydrogen) atoms. The Bertz CT molecular complexity index is 1610. The van der Waals surface area contributed by atoms with Crippen molar-refractivity contribution in [3.8, 4) is 17.6 Å². The summed E-state index contributed by atoms with van der Waals surface area (Å²) in [7, 11) is 1.49. The van der Waals surface area contributed by atoms with Crippen molar-refractivity contribution >= 4 is 46.4 Å². The second kappa shape index (κ2) is 13.0. The zero-order valence-electron chi connectivity index (χ0n) is 21.5. The molecule has 3 aromatic rings. The molecule has 1 N–H and O–H groups in total. The molecule has 0 saturated heterocycles. The highest BCUT2D eigenvalue weighted by Gasteiger charge is 2.34. The highest BCUT2D eigenvalue weighted by Crippen LogP contribution is 2.40. The van der Waals surface area contributed by atoms with Crippen molar-refractivity contribution in [1.29, 1.82) is 5.26 Å². The van der Waals surface area contributed by atoms with Gasteiger partial charge in [-0.2, -0.15) is 5.26 Å². The molecule has 0 saturated carbocycles. The van der Waals surface area contributed by atoms with E-state index in [0.29, 0.717) is 22.6 Å². The Morgan fingerprint density at radius 2 is 1.85 bits per heavy atom. The molecule has 4 rings (SSSR count). The van der Waals surface area contributed by atoms with Gasteiger partial charge >= 0.3 is 5.97 Å². The minimum Gasteiger partial charge on any atom is -0.506 e. The Morgan fingerprint density at radius 3 is 2.58 bits per heavy atom. The van der Waals surface area contributed by atoms with E-state index in [1.807, 2.05) is 12.1 Å². The number of ether oxygens (including phenoxy) is 3. The smallest absolute Gasteiger partial charge is 0.344 e. The number of nitriles is 1. The zero-order chi connectivity index (χ0) is 28.6. The molecule has 202 valence electrons. The summed E-state index contributed by atoms with van der Waals surface area (Å²) in [6.07, 6.45) is 1.62. The van der Waals surface area contributed by atoms with Crippen LogP contribution in [0.5, 0.6) is 11.5 Å². The fourth-order valence-corrected chi connectivity index (χ4v) is 4.96. The number of hydrogen-bond donors (Lipinski definition) is 1. The molecule has 1 amide bonds. The van der Waals surface area contributed by atoms with Crippen LogP contribution in [0, 0.1) is 11.3 Å². The average Bonchev–Trinajstić information content (AvgIpc) is 3.26. The van der Waals surface area contributed by atoms with Gasteiger partial charge in [0.2, 0.25) is 0 Å². The van der Waals surface area contributed by atoms with E-state index >= 15 is 0 Å². The minimum absolute atomic E-state index is 0.00445. The molecule has 0 bridgehead atoms. The fourth-order valence-electron chi connectivity index (χ4n) is 3.73. The first-order valence-electron chi connectivity index (χ1n) is 12.0. The molecular weight excluding hydrogens is 552 g/mol. The predicted molar refractivity (Wildman–Crippen MR) is 154 cm³/mol. The zero-order valence-corrected chi connectivity index (χ0v) is 23.1. The molecule has 0 unspecified atom stereocenters. The number of esters is 1. The highest BCUT2D eigenvalue weighted by molar-refractivity contribution is 8.18. The third-order valence-corrected chi connectivity index (χ3v) is 7.03. The van der Waals surface area contributed by atoms with Gasteiger partial charge in [-0.05, 0) is 48.9 Å². The topological polar surface area (TPSA) is 118 Å². The number of aliphatic imine (C=N–C) groups is 1. The van der Waals surface area contributed by atoms with Gasteiger partial charge in [0.1, 0.15) is 23.0 Å². The Hall–Kier alpha value is -4.52. The molecule has 8 nitrogen and oxygen atoms in total. The maximum atomic E-state index is 12.8. The number of halogens is 1. The van der Waals surface area contributed by atoms with E-state index < -0.39 is 11.9 Å². The average molecular weight is 575 g/mol. The van der Waals surface area contributed by atoms with Crippen LogP contribution < -0.4 is 9.47 Å². The molecule has 0 spiro atoms. The van der Waals surface area contributed by atoms with Crippen LogP contribution in [0.25, 0.3) is 6.08 Å². The summed E-state index contributed by atoms with van der Waals surface area (Å²) in [5, 5.41) is 20.5. The first-order valence-corrected chi connectivity index (χ1v) is 13.2. The molecule has 0 atom stereocenters. The number of hydrogen-bond acceptors (Lipinski definition) is 8. The van der Waals surface area contributed by atoms with Crippen LogP contribution in [0.1, 0.15) is 34.0 Å². The van der Waals surface area contributed by atoms with Gasteiger partial charge in [0, 0.05) is 5.56 Å². The van der Waals surface area contributed by atoms with E-state index in [0.717, 1.165) is 17.3 Å². The van der Waals surface area contributed by atoms with Crippen molar-refractivity contribution in [2.45, 2.75) is 13.5 Å². The lowest BCUT2D eigenvalue weighted by atomic mass is 10.1. The van der Waals surface area contributed by atoms with Crippen LogP contribution in [0.3, 0.4) is 0 Å². The Kier molecular flexibility index (Phi) is 9.27. The molecule has 10 heteroatoms. The normalized spacial score (nSPS) is 14.8. The third-order valence-electron chi connectivity index (χ3n) is 5.68. The number of methoxy groups -OCH3 is 1. The van der Waals surface area contributed by atoms with Crippen molar-refractivity contribution in [2.75, 3.05) is 13.7 Å². The van der Waals surface area contributed by atoms with Crippen molar-refractivity contribution in [3.63, 3.8) is 0 Å². The van der Waals surface area contributed by atoms with E-state index in [1.165, 1.54) is 13.2 Å². The SMILES string of the molecule is CCOC(=O)C1=C(O)/C(=C/c2ccc(OCc3ccccc3C#N)c(OC)c2)SC1=NC(=O)c1ccccc1Cl. The summed E-state index contributed by atoms with van der Waals surface area (Å²) in [5.41, 5.74) is 1.83. The van der Waals surface area contributed by atoms with Crippen LogP contribution >= 0.6 is 23.4 Å². The maximum Gasteiger partial charge on any atom is 0.344 e. The van der Waals surface area contributed by atoms with Crippen molar-refractivity contribution in [1.82, 2.24) is 0 Å². The molecule has 1 heterocycles. The molecule has 0 radical (unpaired) electrons. The molecule has 1 aliphatic heterocycles. The quantitative estimate of drug-likeness (QED) is 0.303. The number of aliphatic hydroxyl groups excluding tert-OH is 1. The van der Waals surface area contributed by atoms with E-state index in [2.05, 4.69) is 11.1 Å². The number of carbonyl (C=O) groups excluding carboxylic acids is 2. The van der Waals surface area contributed by atoms with E-state index in [-0.39, 0.29) is 45.1 Å². The molecule has 0 aliphatic carbocycles. The lowest BCUT2D eigenvalue weighted by Gasteiger charge is -2.12. The summed E-state index contributed by atoms with van der Waals surface area (Å²) in [4.78, 5) is 29.9. The van der Waals surface area contributed by atoms with Crippen LogP contribution in [0.2, 0.25) is 5.02 Å². The Labute approximate surface area is 240 Å². The maximum absolute atomic E-state index is 12.8. The van der Waals surface area contributed by atoms with Crippen LogP contribution in [0.15, 0.2) is 88.0 Å². The van der Waals surface area contributed by atoms with Gasteiger partial charge in [-0.1, -0.05) is 59.8 Å². The van der Waals surface area contributed by atoms with E-state index in [1.54, 1.807) is 61.5 Å². The van der Waals surface area contributed by atoms with Crippen molar-refractivity contribution < 1.29 is 28.9 Å². The fraction of sp³-hybridized carbons (Fsp3) is 0.133. The van der Waals surface area contributed by atoms with Crippen LogP contribution in [-0.4, -0.2) is 35.7 Å². The summed E-state index contributed by atoms with van der Waals surface area (Å²) in [6, 6.07) is 20.8. The molecule has 3 aromatic carbocycles. The van der Waals surface area contributed by atoms with Crippen LogP contribution in [0.4, 0.5) is 0 Å². The molecule has 0 fully saturated rings. The van der Waals surface area contributed by atoms with Gasteiger partial charge in [0.15, 0.2) is 11.5 Å². The lowest BCUT2D eigenvalue weighted by Crippen LogP contribution is -2.14. The number of thioether (sulfide) groups is 1. The second-order valence-electron chi connectivity index (χ2n) is 8.22. The third kappa shape index (κ3) is 6.37. The van der Waals surface area contributed by atoms with Gasteiger partial charge in [-0.3, -0.25) is 4.79 Å². The van der Waals surface area contributed by atoms with Gasteiger partial charge in [0.05, 0.1) is 40.8 Å². The highest BCUT2D eigenvalue weighted by atomic mass is 35.5. The van der Waals surface area contributed by atoms with E-state index in [4.69, 9.17) is 25.8 Å². The molecule has 1 aliphatic rings. The van der Waals surface area contributed by atoms with Crippen LogP contribution in [-0.2, 0) is 16.1 Å². The van der Waals surface area contributed by atoms with Crippen molar-refractivity contribution in [2.24, 2.45) is 4.99 Å². The van der Waals surface area contributed by atoms with Gasteiger partial charge in [-0.25, -0.2) is 9.79 Å². The number of amides is 1. The summed E-state index contributed by atoms with van der Waals surface area (Å²) >= 11 is 7.09. The number of aliphatic hydroxyl groups is 1. The molecular formula is C30H23ClN2O6S. The Balaban J connectivity index is 1.63.